The number of nitrogens with one attached hydrogen (secondary N) is 3. The summed E-state index contributed by atoms with van der Waals surface area (Å²) in [5.41, 5.74) is 1.11. The number of carbonyl (C=O) groups is 6. The van der Waals surface area contributed by atoms with E-state index in [0.717, 1.165) is 16.7 Å². The molecule has 16 nitrogen and oxygen atoms in total. The number of hydrogen-bond donors (Lipinski definition) is 3. The van der Waals surface area contributed by atoms with Crippen LogP contribution < -0.4 is 16.0 Å². The second-order valence-corrected chi connectivity index (χ2v) is 19.3. The van der Waals surface area contributed by atoms with Crippen molar-refractivity contribution in [3.05, 3.63) is 137 Å². The van der Waals surface area contributed by atoms with Crippen LogP contribution in [-0.2, 0) is 75.5 Å². The molecule has 1 heterocycles. The average Bonchev–Trinajstić information content (AvgIpc) is 3.28. The molecule has 0 aliphatic heterocycles. The van der Waals surface area contributed by atoms with Crippen LogP contribution in [0.3, 0.4) is 0 Å². The molecule has 3 N–H and O–H groups in total. The first-order chi connectivity index (χ1) is 33.0. The molecule has 0 radical (unpaired) electrons. The minimum Gasteiger partial charge on any atom is -0.459 e. The van der Waals surface area contributed by atoms with Gasteiger partial charge in [-0.05, 0) is 122 Å². The minimum atomic E-state index is -1.23. The number of hydrogen-bond acceptors (Lipinski definition) is 13. The topological polar surface area (TPSA) is 207 Å². The van der Waals surface area contributed by atoms with E-state index in [0.29, 0.717) is 11.1 Å². The van der Waals surface area contributed by atoms with Gasteiger partial charge in [-0.3, -0.25) is 0 Å². The van der Waals surface area contributed by atoms with Crippen LogP contribution in [0.2, 0.25) is 0 Å². The SMILES string of the molecule is CC(C)(C)OC(=O)N[C@@H](CC#Cc1ncc(CC[C@H](NC(=O)OC(C)(C)C)C(=O)OCc2ccccc2)cc1CC[C@H](NC(=O)OC(C)(C)C)C(=O)OCc1ccccc1)C(=O)OCc1ccccc1. The molecule has 1 aromatic heterocycles. The van der Waals surface area contributed by atoms with Crippen LogP contribution in [0.1, 0.15) is 115 Å². The Morgan fingerprint density at radius 1 is 0.500 bits per heavy atom. The molecule has 16 heteroatoms. The Morgan fingerprint density at radius 2 is 0.857 bits per heavy atom. The number of benzene rings is 3. The standard InChI is InChI=1S/C54H66N4O12/c1-52(2,3)68-49(62)56-43(46(59)65-34-37-20-13-10-14-21-37)27-19-26-42-41(29-31-45(58-51(64)70-54(7,8)9)48(61)67-36-39-24-17-12-18-25-39)32-40(33-55-42)28-30-44(57-50(63)69-53(4,5)6)47(60)66-35-38-22-15-11-16-23-38/h10-18,20-25,32-33,43-45H,27-31,34-36H2,1-9H3,(H,56,62)(H,57,63)(H,58,64)/t43-,44-,45-/m0/s1. The summed E-state index contributed by atoms with van der Waals surface area (Å²) in [6.07, 6.45) is -0.699. The maximum atomic E-state index is 13.7. The van der Waals surface area contributed by atoms with Gasteiger partial charge in [0.15, 0.2) is 0 Å². The van der Waals surface area contributed by atoms with Crippen molar-refractivity contribution in [1.29, 1.82) is 0 Å². The Morgan fingerprint density at radius 3 is 1.24 bits per heavy atom. The summed E-state index contributed by atoms with van der Waals surface area (Å²) in [5.74, 6) is 3.86. The first-order valence-corrected chi connectivity index (χ1v) is 23.1. The van der Waals surface area contributed by atoms with Crippen molar-refractivity contribution in [1.82, 2.24) is 20.9 Å². The molecule has 0 fully saturated rings. The van der Waals surface area contributed by atoms with Crippen LogP contribution in [0.4, 0.5) is 14.4 Å². The number of rotatable bonds is 19. The normalized spacial score (nSPS) is 12.6. The molecule has 4 rings (SSSR count). The maximum Gasteiger partial charge on any atom is 0.408 e. The number of ether oxygens (including phenoxy) is 6. The van der Waals surface area contributed by atoms with Gasteiger partial charge in [0, 0.05) is 12.6 Å². The highest BCUT2D eigenvalue weighted by atomic mass is 16.6. The zero-order valence-electron chi connectivity index (χ0n) is 41.6. The number of aryl methyl sites for hydroxylation is 2. The van der Waals surface area contributed by atoms with E-state index in [1.54, 1.807) is 98.8 Å². The Hall–Kier alpha value is -7.41. The molecule has 0 spiro atoms. The van der Waals surface area contributed by atoms with Crippen LogP contribution in [-0.4, -0.2) is 76.1 Å². The van der Waals surface area contributed by atoms with Crippen LogP contribution >= 0.6 is 0 Å². The number of nitrogens with zero attached hydrogens (tertiary/aromatic N) is 1. The Kier molecular flexibility index (Phi) is 20.8. The third-order valence-corrected chi connectivity index (χ3v) is 9.56. The molecule has 0 aliphatic carbocycles. The van der Waals surface area contributed by atoms with E-state index in [4.69, 9.17) is 28.4 Å². The van der Waals surface area contributed by atoms with Crippen molar-refractivity contribution in [3.63, 3.8) is 0 Å². The number of carbonyl (C=O) groups excluding carboxylic acids is 6. The number of amides is 3. The first kappa shape index (κ1) is 55.2. The van der Waals surface area contributed by atoms with Crippen molar-refractivity contribution in [3.8, 4) is 11.8 Å². The fourth-order valence-corrected chi connectivity index (χ4v) is 6.38. The lowest BCUT2D eigenvalue weighted by molar-refractivity contribution is -0.148. The van der Waals surface area contributed by atoms with Crippen molar-refractivity contribution in [2.24, 2.45) is 0 Å². The molecule has 3 atom stereocenters. The molecule has 70 heavy (non-hydrogen) atoms. The fraction of sp³-hybridized carbons (Fsp3) is 0.426. The molecule has 3 amide bonds. The van der Waals surface area contributed by atoms with Gasteiger partial charge in [0.25, 0.3) is 0 Å². The van der Waals surface area contributed by atoms with Crippen molar-refractivity contribution < 1.29 is 57.2 Å². The quantitative estimate of drug-likeness (QED) is 0.0458. The summed E-state index contributed by atoms with van der Waals surface area (Å²) < 4.78 is 33.2. The third-order valence-electron chi connectivity index (χ3n) is 9.56. The van der Waals surface area contributed by atoms with E-state index in [-0.39, 0.29) is 57.6 Å². The van der Waals surface area contributed by atoms with E-state index in [1.807, 2.05) is 66.7 Å². The summed E-state index contributed by atoms with van der Waals surface area (Å²) >= 11 is 0. The van der Waals surface area contributed by atoms with Gasteiger partial charge in [0.2, 0.25) is 0 Å². The molecule has 0 saturated heterocycles. The van der Waals surface area contributed by atoms with Gasteiger partial charge >= 0.3 is 36.2 Å². The molecule has 374 valence electrons. The molecule has 0 bridgehead atoms. The van der Waals surface area contributed by atoms with Crippen LogP contribution in [0.25, 0.3) is 0 Å². The number of alkyl carbamates (subject to hydrolysis) is 3. The molecule has 3 aromatic carbocycles. The van der Waals surface area contributed by atoms with Gasteiger partial charge in [-0.25, -0.2) is 33.8 Å². The molecule has 0 unspecified atom stereocenters. The monoisotopic (exact) mass is 962 g/mol. The summed E-state index contributed by atoms with van der Waals surface area (Å²) in [4.78, 5) is 84.2. The molecule has 0 saturated carbocycles. The number of pyridine rings is 1. The highest BCUT2D eigenvalue weighted by molar-refractivity contribution is 5.83. The zero-order chi connectivity index (χ0) is 51.3. The second kappa shape index (κ2) is 26.4. The highest BCUT2D eigenvalue weighted by Crippen LogP contribution is 2.18. The van der Waals surface area contributed by atoms with Crippen LogP contribution in [0, 0.1) is 11.8 Å². The third kappa shape index (κ3) is 21.7. The molecule has 4 aromatic rings. The van der Waals surface area contributed by atoms with Crippen molar-refractivity contribution in [2.75, 3.05) is 0 Å². The lowest BCUT2D eigenvalue weighted by atomic mass is 9.99. The molecular weight excluding hydrogens is 897 g/mol. The maximum absolute atomic E-state index is 13.7. The minimum absolute atomic E-state index is 0.00987. The van der Waals surface area contributed by atoms with Gasteiger partial charge in [-0.2, -0.15) is 0 Å². The predicted octanol–water partition coefficient (Wildman–Crippen LogP) is 8.60. The zero-order valence-corrected chi connectivity index (χ0v) is 41.6. The Bertz CT molecular complexity index is 2420. The largest absolute Gasteiger partial charge is 0.459 e. The van der Waals surface area contributed by atoms with Crippen molar-refractivity contribution in [2.45, 2.75) is 149 Å². The van der Waals surface area contributed by atoms with Crippen LogP contribution in [0.15, 0.2) is 103 Å². The smallest absolute Gasteiger partial charge is 0.408 e. The number of aromatic nitrogens is 1. The summed E-state index contributed by atoms with van der Waals surface area (Å²) in [7, 11) is 0. The fourth-order valence-electron chi connectivity index (χ4n) is 6.38. The first-order valence-electron chi connectivity index (χ1n) is 23.1. The second-order valence-electron chi connectivity index (χ2n) is 19.3. The van der Waals surface area contributed by atoms with Gasteiger partial charge in [-0.1, -0.05) is 103 Å². The van der Waals surface area contributed by atoms with E-state index in [1.165, 1.54) is 0 Å². The predicted molar refractivity (Wildman–Crippen MR) is 261 cm³/mol. The summed E-state index contributed by atoms with van der Waals surface area (Å²) in [5, 5.41) is 7.88. The van der Waals surface area contributed by atoms with E-state index < -0.39 is 71.1 Å². The lowest BCUT2D eigenvalue weighted by Crippen LogP contribution is -2.44. The van der Waals surface area contributed by atoms with Gasteiger partial charge < -0.3 is 44.4 Å². The van der Waals surface area contributed by atoms with E-state index >= 15 is 0 Å². The summed E-state index contributed by atoms with van der Waals surface area (Å²) in [6.45, 7) is 15.2. The molecule has 0 aliphatic rings. The van der Waals surface area contributed by atoms with Gasteiger partial charge in [0.1, 0.15) is 60.4 Å². The lowest BCUT2D eigenvalue weighted by Gasteiger charge is -2.23. The average molecular weight is 963 g/mol. The van der Waals surface area contributed by atoms with E-state index in [9.17, 15) is 28.8 Å². The highest BCUT2D eigenvalue weighted by Gasteiger charge is 2.29. The molecular formula is C54H66N4O12. The summed E-state index contributed by atoms with van der Waals surface area (Å²) in [6, 6.07) is 25.5. The van der Waals surface area contributed by atoms with Gasteiger partial charge in [-0.15, -0.1) is 0 Å². The van der Waals surface area contributed by atoms with E-state index in [2.05, 4.69) is 32.8 Å². The Labute approximate surface area is 410 Å². The number of esters is 3. The Balaban J connectivity index is 1.66. The van der Waals surface area contributed by atoms with Gasteiger partial charge in [0.05, 0.1) is 0 Å². The van der Waals surface area contributed by atoms with Crippen LogP contribution in [0.5, 0.6) is 0 Å². The van der Waals surface area contributed by atoms with Crippen molar-refractivity contribution >= 4 is 36.2 Å².